The SMILES string of the molecule is NCC1c2cc(Oc3ccccc3)ccc2CN1Cc1ccccc1F. The smallest absolute Gasteiger partial charge is 0.127 e. The van der Waals surface area contributed by atoms with E-state index < -0.39 is 0 Å². The van der Waals surface area contributed by atoms with Crippen molar-refractivity contribution in [1.82, 2.24) is 4.90 Å². The third-order valence-electron chi connectivity index (χ3n) is 4.82. The molecule has 4 heteroatoms. The molecule has 26 heavy (non-hydrogen) atoms. The molecule has 1 heterocycles. The summed E-state index contributed by atoms with van der Waals surface area (Å²) in [5.41, 5.74) is 9.13. The highest BCUT2D eigenvalue weighted by Crippen LogP contribution is 2.37. The van der Waals surface area contributed by atoms with Gasteiger partial charge < -0.3 is 10.5 Å². The average Bonchev–Trinajstić information content (AvgIpc) is 3.01. The lowest BCUT2D eigenvalue weighted by Crippen LogP contribution is -2.27. The molecular weight excluding hydrogens is 327 g/mol. The van der Waals surface area contributed by atoms with Gasteiger partial charge in [-0.25, -0.2) is 4.39 Å². The van der Waals surface area contributed by atoms with E-state index in [1.165, 1.54) is 11.6 Å². The molecule has 0 aliphatic carbocycles. The summed E-state index contributed by atoms with van der Waals surface area (Å²) < 4.78 is 20.0. The van der Waals surface area contributed by atoms with Crippen LogP contribution in [0.1, 0.15) is 22.7 Å². The molecule has 0 amide bonds. The fraction of sp³-hybridized carbons (Fsp3) is 0.182. The largest absolute Gasteiger partial charge is 0.457 e. The molecule has 3 aromatic rings. The van der Waals surface area contributed by atoms with Gasteiger partial charge >= 0.3 is 0 Å². The number of hydrogen-bond acceptors (Lipinski definition) is 3. The molecule has 0 fully saturated rings. The maximum absolute atomic E-state index is 14.0. The van der Waals surface area contributed by atoms with Gasteiger partial charge in [-0.3, -0.25) is 4.90 Å². The van der Waals surface area contributed by atoms with E-state index in [0.29, 0.717) is 18.7 Å². The molecule has 3 nitrogen and oxygen atoms in total. The molecule has 132 valence electrons. The van der Waals surface area contributed by atoms with Crippen LogP contribution < -0.4 is 10.5 Å². The normalized spacial score (nSPS) is 16.5. The summed E-state index contributed by atoms with van der Waals surface area (Å²) in [7, 11) is 0. The summed E-state index contributed by atoms with van der Waals surface area (Å²) in [6, 6.07) is 22.8. The number of nitrogens with two attached hydrogens (primary N) is 1. The second kappa shape index (κ2) is 7.28. The van der Waals surface area contributed by atoms with Crippen LogP contribution in [0.25, 0.3) is 0 Å². The van der Waals surface area contributed by atoms with Crippen LogP contribution in [0.3, 0.4) is 0 Å². The van der Waals surface area contributed by atoms with Crippen molar-refractivity contribution in [2.24, 2.45) is 5.73 Å². The number of fused-ring (bicyclic) bond motifs is 1. The highest BCUT2D eigenvalue weighted by atomic mass is 19.1. The van der Waals surface area contributed by atoms with E-state index in [-0.39, 0.29) is 11.9 Å². The zero-order valence-corrected chi connectivity index (χ0v) is 14.4. The quantitative estimate of drug-likeness (QED) is 0.730. The van der Waals surface area contributed by atoms with Gasteiger partial charge in [0.2, 0.25) is 0 Å². The molecule has 0 radical (unpaired) electrons. The van der Waals surface area contributed by atoms with E-state index in [0.717, 1.165) is 23.6 Å². The molecule has 0 saturated carbocycles. The lowest BCUT2D eigenvalue weighted by molar-refractivity contribution is 0.208. The summed E-state index contributed by atoms with van der Waals surface area (Å²) in [4.78, 5) is 2.22. The van der Waals surface area contributed by atoms with Gasteiger partial charge in [0.15, 0.2) is 0 Å². The standard InChI is InChI=1S/C22H21FN2O/c23-21-9-5-4-6-17(21)15-25-14-16-10-11-19(12-20(16)22(25)13-24)26-18-7-2-1-3-8-18/h1-12,22H,13-15,24H2. The summed E-state index contributed by atoms with van der Waals surface area (Å²) >= 11 is 0. The summed E-state index contributed by atoms with van der Waals surface area (Å²) in [6.07, 6.45) is 0. The van der Waals surface area contributed by atoms with Crippen LogP contribution in [-0.4, -0.2) is 11.4 Å². The Morgan fingerprint density at radius 2 is 1.73 bits per heavy atom. The number of halogens is 1. The van der Waals surface area contributed by atoms with Crippen molar-refractivity contribution < 1.29 is 9.13 Å². The van der Waals surface area contributed by atoms with Gasteiger partial charge in [-0.2, -0.15) is 0 Å². The van der Waals surface area contributed by atoms with E-state index in [2.05, 4.69) is 17.0 Å². The van der Waals surface area contributed by atoms with Crippen LogP contribution >= 0.6 is 0 Å². The lowest BCUT2D eigenvalue weighted by Gasteiger charge is -2.24. The summed E-state index contributed by atoms with van der Waals surface area (Å²) in [6.45, 7) is 1.78. The second-order valence-corrected chi connectivity index (χ2v) is 6.52. The molecule has 1 atom stereocenters. The first-order valence-electron chi connectivity index (χ1n) is 8.78. The van der Waals surface area contributed by atoms with E-state index in [1.807, 2.05) is 48.5 Å². The molecule has 0 spiro atoms. The molecule has 1 unspecified atom stereocenters. The molecule has 0 saturated heterocycles. The first-order chi connectivity index (χ1) is 12.7. The average molecular weight is 348 g/mol. The zero-order valence-electron chi connectivity index (χ0n) is 14.4. The van der Waals surface area contributed by atoms with Crippen molar-refractivity contribution in [2.45, 2.75) is 19.1 Å². The van der Waals surface area contributed by atoms with Crippen molar-refractivity contribution in [1.29, 1.82) is 0 Å². The van der Waals surface area contributed by atoms with Crippen LogP contribution in [0.2, 0.25) is 0 Å². The number of benzene rings is 3. The zero-order chi connectivity index (χ0) is 17.9. The lowest BCUT2D eigenvalue weighted by atomic mass is 10.0. The van der Waals surface area contributed by atoms with Gasteiger partial charge in [-0.05, 0) is 41.5 Å². The van der Waals surface area contributed by atoms with Gasteiger partial charge in [0.1, 0.15) is 17.3 Å². The van der Waals surface area contributed by atoms with Crippen LogP contribution in [-0.2, 0) is 13.1 Å². The van der Waals surface area contributed by atoms with Crippen molar-refractivity contribution in [3.63, 3.8) is 0 Å². The predicted octanol–water partition coefficient (Wildman–Crippen LogP) is 4.63. The molecule has 1 aliphatic rings. The van der Waals surface area contributed by atoms with E-state index in [4.69, 9.17) is 10.5 Å². The third kappa shape index (κ3) is 3.34. The van der Waals surface area contributed by atoms with Crippen LogP contribution in [0.15, 0.2) is 72.8 Å². The first-order valence-corrected chi connectivity index (χ1v) is 8.78. The number of hydrogen-bond donors (Lipinski definition) is 1. The minimum atomic E-state index is -0.174. The fourth-order valence-corrected chi connectivity index (χ4v) is 3.53. The Labute approximate surface area is 152 Å². The molecule has 2 N–H and O–H groups in total. The fourth-order valence-electron chi connectivity index (χ4n) is 3.53. The Morgan fingerprint density at radius 3 is 2.50 bits per heavy atom. The van der Waals surface area contributed by atoms with Gasteiger partial charge in [0, 0.05) is 31.2 Å². The Balaban J connectivity index is 1.57. The van der Waals surface area contributed by atoms with E-state index in [1.54, 1.807) is 6.07 Å². The van der Waals surface area contributed by atoms with Crippen LogP contribution in [0, 0.1) is 5.82 Å². The summed E-state index contributed by atoms with van der Waals surface area (Å²) in [5, 5.41) is 0. The van der Waals surface area contributed by atoms with Crippen LogP contribution in [0.5, 0.6) is 11.5 Å². The van der Waals surface area contributed by atoms with Gasteiger partial charge in [0.25, 0.3) is 0 Å². The molecule has 1 aliphatic heterocycles. The number of ether oxygens (including phenoxy) is 1. The predicted molar refractivity (Wildman–Crippen MR) is 100 cm³/mol. The molecule has 0 aromatic heterocycles. The van der Waals surface area contributed by atoms with Gasteiger partial charge in [0.05, 0.1) is 0 Å². The molecular formula is C22H21FN2O. The maximum atomic E-state index is 14.0. The second-order valence-electron chi connectivity index (χ2n) is 6.52. The highest BCUT2D eigenvalue weighted by molar-refractivity contribution is 5.42. The third-order valence-corrected chi connectivity index (χ3v) is 4.82. The Morgan fingerprint density at radius 1 is 0.962 bits per heavy atom. The number of rotatable bonds is 5. The van der Waals surface area contributed by atoms with E-state index >= 15 is 0 Å². The molecule has 4 rings (SSSR count). The topological polar surface area (TPSA) is 38.5 Å². The van der Waals surface area contributed by atoms with Gasteiger partial charge in [-0.15, -0.1) is 0 Å². The Bertz CT molecular complexity index is 898. The summed E-state index contributed by atoms with van der Waals surface area (Å²) in [5.74, 6) is 1.42. The molecule has 3 aromatic carbocycles. The van der Waals surface area contributed by atoms with Crippen molar-refractivity contribution in [3.8, 4) is 11.5 Å². The van der Waals surface area contributed by atoms with Gasteiger partial charge in [-0.1, -0.05) is 42.5 Å². The monoisotopic (exact) mass is 348 g/mol. The molecule has 0 bridgehead atoms. The number of nitrogens with zero attached hydrogens (tertiary/aromatic N) is 1. The van der Waals surface area contributed by atoms with Crippen molar-refractivity contribution in [3.05, 3.63) is 95.3 Å². The highest BCUT2D eigenvalue weighted by Gasteiger charge is 2.30. The van der Waals surface area contributed by atoms with Crippen LogP contribution in [0.4, 0.5) is 4.39 Å². The minimum absolute atomic E-state index is 0.0592. The Hall–Kier alpha value is -2.69. The number of para-hydroxylation sites is 1. The maximum Gasteiger partial charge on any atom is 0.127 e. The van der Waals surface area contributed by atoms with E-state index in [9.17, 15) is 4.39 Å². The van der Waals surface area contributed by atoms with Crippen molar-refractivity contribution in [2.75, 3.05) is 6.54 Å². The first kappa shape index (κ1) is 16.8. The van der Waals surface area contributed by atoms with Crippen molar-refractivity contribution >= 4 is 0 Å². The Kier molecular flexibility index (Phi) is 4.69. The minimum Gasteiger partial charge on any atom is -0.457 e.